The van der Waals surface area contributed by atoms with E-state index in [2.05, 4.69) is 0 Å². The van der Waals surface area contributed by atoms with Crippen molar-refractivity contribution in [3.63, 3.8) is 0 Å². The molecule has 20 heavy (non-hydrogen) atoms. The number of hydrogen-bond acceptors (Lipinski definition) is 3. The van der Waals surface area contributed by atoms with Gasteiger partial charge in [0.2, 0.25) is 5.91 Å². The molecule has 0 spiro atoms. The highest BCUT2D eigenvalue weighted by atomic mass is 35.5. The summed E-state index contributed by atoms with van der Waals surface area (Å²) in [4.78, 5) is 14.4. The van der Waals surface area contributed by atoms with Crippen LogP contribution in [0.5, 0.6) is 0 Å². The normalized spacial score (nSPS) is 20.1. The third-order valence-corrected chi connectivity index (χ3v) is 4.93. The fourth-order valence-electron chi connectivity index (χ4n) is 2.27. The van der Waals surface area contributed by atoms with Crippen molar-refractivity contribution in [2.24, 2.45) is 0 Å². The summed E-state index contributed by atoms with van der Waals surface area (Å²) < 4.78 is 5.43. The first kappa shape index (κ1) is 13.6. The average molecular weight is 308 g/mol. The Kier molecular flexibility index (Phi) is 4.03. The van der Waals surface area contributed by atoms with Crippen molar-refractivity contribution in [1.29, 1.82) is 0 Å². The molecule has 1 aromatic carbocycles. The molecule has 0 unspecified atom stereocenters. The summed E-state index contributed by atoms with van der Waals surface area (Å²) in [7, 11) is 0. The zero-order valence-corrected chi connectivity index (χ0v) is 12.3. The van der Waals surface area contributed by atoms with E-state index in [4.69, 9.17) is 16.0 Å². The third-order valence-electron chi connectivity index (χ3n) is 3.27. The molecular formula is C15H14ClNO2S. The molecule has 1 fully saturated rings. The molecule has 1 aromatic heterocycles. The molecule has 0 saturated carbocycles. The lowest BCUT2D eigenvalue weighted by Crippen LogP contribution is -2.32. The fourth-order valence-corrected chi connectivity index (χ4v) is 3.76. The Labute approximate surface area is 126 Å². The van der Waals surface area contributed by atoms with Crippen LogP contribution >= 0.6 is 23.4 Å². The van der Waals surface area contributed by atoms with E-state index in [1.165, 1.54) is 0 Å². The second-order valence-electron chi connectivity index (χ2n) is 4.54. The molecule has 1 amide bonds. The maximum Gasteiger partial charge on any atom is 0.246 e. The molecule has 2 heterocycles. The van der Waals surface area contributed by atoms with Crippen molar-refractivity contribution >= 4 is 29.3 Å². The van der Waals surface area contributed by atoms with Crippen LogP contribution in [0.4, 0.5) is 0 Å². The van der Waals surface area contributed by atoms with E-state index in [0.29, 0.717) is 6.54 Å². The predicted octanol–water partition coefficient (Wildman–Crippen LogP) is 3.83. The van der Waals surface area contributed by atoms with E-state index in [1.807, 2.05) is 42.5 Å². The summed E-state index contributed by atoms with van der Waals surface area (Å²) in [5, 5.41) is -0.713. The number of thioether (sulfide) groups is 1. The van der Waals surface area contributed by atoms with Gasteiger partial charge in [-0.3, -0.25) is 4.79 Å². The highest BCUT2D eigenvalue weighted by Crippen LogP contribution is 2.40. The van der Waals surface area contributed by atoms with Crippen LogP contribution in [0.2, 0.25) is 0 Å². The van der Waals surface area contributed by atoms with Crippen LogP contribution < -0.4 is 0 Å². The minimum absolute atomic E-state index is 0.0655. The zero-order chi connectivity index (χ0) is 13.9. The van der Waals surface area contributed by atoms with Gasteiger partial charge in [-0.05, 0) is 17.7 Å². The van der Waals surface area contributed by atoms with Crippen molar-refractivity contribution in [3.05, 3.63) is 60.1 Å². The Morgan fingerprint density at radius 3 is 2.80 bits per heavy atom. The second-order valence-corrected chi connectivity index (χ2v) is 6.17. The summed E-state index contributed by atoms with van der Waals surface area (Å²) in [6.07, 6.45) is 1.63. The molecule has 5 heteroatoms. The van der Waals surface area contributed by atoms with Crippen molar-refractivity contribution in [3.8, 4) is 0 Å². The predicted molar refractivity (Wildman–Crippen MR) is 80.7 cm³/mol. The molecule has 104 valence electrons. The maximum atomic E-state index is 12.6. The van der Waals surface area contributed by atoms with Crippen molar-refractivity contribution < 1.29 is 9.21 Å². The second kappa shape index (κ2) is 5.94. The summed E-state index contributed by atoms with van der Waals surface area (Å²) in [5.74, 6) is 1.64. The van der Waals surface area contributed by atoms with E-state index in [-0.39, 0.29) is 11.3 Å². The Morgan fingerprint density at radius 1 is 1.30 bits per heavy atom. The molecule has 1 saturated heterocycles. The van der Waals surface area contributed by atoms with Crippen molar-refractivity contribution in [1.82, 2.24) is 4.90 Å². The lowest BCUT2D eigenvalue weighted by Gasteiger charge is -2.24. The quantitative estimate of drug-likeness (QED) is 0.808. The standard InChI is InChI=1S/C15H14ClNO2S/c16-13(11-5-2-1-3-6-11)14(18)17-8-10-20-15(17)12-7-4-9-19-12/h1-7,9,13,15H,8,10H2/t13-,15+/m1/s1. The number of carbonyl (C=O) groups excluding carboxylic acids is 1. The van der Waals surface area contributed by atoms with E-state index in [1.54, 1.807) is 22.9 Å². The van der Waals surface area contributed by atoms with Gasteiger partial charge in [0.25, 0.3) is 0 Å². The molecule has 0 N–H and O–H groups in total. The SMILES string of the molecule is O=C([C@H](Cl)c1ccccc1)N1CCS[C@H]1c1ccco1. The topological polar surface area (TPSA) is 33.5 Å². The Morgan fingerprint density at radius 2 is 2.10 bits per heavy atom. The first-order valence-corrected chi connectivity index (χ1v) is 7.90. The number of benzene rings is 1. The van der Waals surface area contributed by atoms with Gasteiger partial charge in [-0.15, -0.1) is 23.4 Å². The highest BCUT2D eigenvalue weighted by molar-refractivity contribution is 7.99. The minimum atomic E-state index is -0.646. The monoisotopic (exact) mass is 307 g/mol. The molecule has 1 aliphatic heterocycles. The lowest BCUT2D eigenvalue weighted by molar-refractivity contribution is -0.131. The van der Waals surface area contributed by atoms with Crippen LogP contribution in [0.3, 0.4) is 0 Å². The number of nitrogens with zero attached hydrogens (tertiary/aromatic N) is 1. The number of rotatable bonds is 3. The van der Waals surface area contributed by atoms with Gasteiger partial charge in [0, 0.05) is 12.3 Å². The van der Waals surface area contributed by atoms with Gasteiger partial charge in [-0.2, -0.15) is 0 Å². The zero-order valence-electron chi connectivity index (χ0n) is 10.7. The number of amides is 1. The number of carbonyl (C=O) groups is 1. The fraction of sp³-hybridized carbons (Fsp3) is 0.267. The molecule has 2 aromatic rings. The van der Waals surface area contributed by atoms with Crippen molar-refractivity contribution in [2.75, 3.05) is 12.3 Å². The summed E-state index contributed by atoms with van der Waals surface area (Å²) in [5.41, 5.74) is 0.828. The third kappa shape index (κ3) is 2.58. The summed E-state index contributed by atoms with van der Waals surface area (Å²) >= 11 is 8.03. The molecule has 1 aliphatic rings. The number of hydrogen-bond donors (Lipinski definition) is 0. The minimum Gasteiger partial charge on any atom is -0.466 e. The van der Waals surface area contributed by atoms with Crippen LogP contribution in [0.1, 0.15) is 22.1 Å². The van der Waals surface area contributed by atoms with Crippen molar-refractivity contribution in [2.45, 2.75) is 10.8 Å². The van der Waals surface area contributed by atoms with Gasteiger partial charge in [0.05, 0.1) is 6.26 Å². The molecule has 3 nitrogen and oxygen atoms in total. The molecule has 2 atom stereocenters. The summed E-state index contributed by atoms with van der Waals surface area (Å²) in [6, 6.07) is 13.2. The van der Waals surface area contributed by atoms with Crippen LogP contribution in [-0.4, -0.2) is 23.1 Å². The van der Waals surface area contributed by atoms with Gasteiger partial charge in [-0.25, -0.2) is 0 Å². The van der Waals surface area contributed by atoms with E-state index < -0.39 is 5.38 Å². The van der Waals surface area contributed by atoms with Gasteiger partial charge >= 0.3 is 0 Å². The van der Waals surface area contributed by atoms with Gasteiger partial charge in [0.15, 0.2) is 0 Å². The lowest BCUT2D eigenvalue weighted by atomic mass is 10.1. The van der Waals surface area contributed by atoms with Crippen LogP contribution in [0, 0.1) is 0 Å². The molecule has 3 rings (SSSR count). The van der Waals surface area contributed by atoms with Crippen LogP contribution in [0.25, 0.3) is 0 Å². The Bertz CT molecular complexity index is 573. The number of furan rings is 1. The average Bonchev–Trinajstić information content (AvgIpc) is 3.16. The molecule has 0 bridgehead atoms. The number of halogens is 1. The first-order chi connectivity index (χ1) is 9.77. The Hall–Kier alpha value is -1.39. The smallest absolute Gasteiger partial charge is 0.246 e. The highest BCUT2D eigenvalue weighted by Gasteiger charge is 2.35. The van der Waals surface area contributed by atoms with E-state index >= 15 is 0 Å². The van der Waals surface area contributed by atoms with Gasteiger partial charge < -0.3 is 9.32 Å². The van der Waals surface area contributed by atoms with E-state index in [9.17, 15) is 4.79 Å². The largest absolute Gasteiger partial charge is 0.466 e. The maximum absolute atomic E-state index is 12.6. The van der Waals surface area contributed by atoms with Gasteiger partial charge in [-0.1, -0.05) is 30.3 Å². The van der Waals surface area contributed by atoms with Gasteiger partial charge in [0.1, 0.15) is 16.5 Å². The summed E-state index contributed by atoms with van der Waals surface area (Å²) in [6.45, 7) is 0.699. The first-order valence-electron chi connectivity index (χ1n) is 6.42. The number of alkyl halides is 1. The molecule has 0 aliphatic carbocycles. The molecule has 0 radical (unpaired) electrons. The van der Waals surface area contributed by atoms with Crippen LogP contribution in [-0.2, 0) is 4.79 Å². The molecular weight excluding hydrogens is 294 g/mol. The van der Waals surface area contributed by atoms with Crippen LogP contribution in [0.15, 0.2) is 53.1 Å². The van der Waals surface area contributed by atoms with E-state index in [0.717, 1.165) is 17.1 Å². The Balaban J connectivity index is 1.79.